The van der Waals surface area contributed by atoms with Crippen LogP contribution in [-0.2, 0) is 19.1 Å². The van der Waals surface area contributed by atoms with E-state index in [4.69, 9.17) is 10.5 Å². The number of aryl methyl sites for hydroxylation is 1. The zero-order valence-corrected chi connectivity index (χ0v) is 24.6. The normalized spacial score (nSPS) is 13.5. The van der Waals surface area contributed by atoms with Crippen molar-refractivity contribution in [2.75, 3.05) is 5.32 Å². The van der Waals surface area contributed by atoms with Crippen LogP contribution in [0.3, 0.4) is 0 Å². The molecule has 0 bridgehead atoms. The molecule has 0 heterocycles. The van der Waals surface area contributed by atoms with Crippen LogP contribution in [0.25, 0.3) is 10.8 Å². The van der Waals surface area contributed by atoms with Crippen LogP contribution in [0.5, 0.6) is 0 Å². The van der Waals surface area contributed by atoms with Crippen molar-refractivity contribution in [3.8, 4) is 0 Å². The fourth-order valence-electron chi connectivity index (χ4n) is 4.49. The number of nitrogens with one attached hydrogen (secondary N) is 2. The van der Waals surface area contributed by atoms with Crippen LogP contribution >= 0.6 is 0 Å². The summed E-state index contributed by atoms with van der Waals surface area (Å²) in [7, 11) is 0. The molecule has 0 fully saturated rings. The number of alkyl carbamates (subject to hydrolysis) is 1. The zero-order chi connectivity index (χ0) is 30.3. The topological polar surface area (TPSA) is 131 Å². The maximum atomic E-state index is 14.2. The van der Waals surface area contributed by atoms with Crippen molar-refractivity contribution in [2.45, 2.75) is 78.1 Å². The van der Waals surface area contributed by atoms with Gasteiger partial charge >= 0.3 is 6.09 Å². The Bertz CT molecular complexity index is 1400. The molecule has 41 heavy (non-hydrogen) atoms. The summed E-state index contributed by atoms with van der Waals surface area (Å²) in [5, 5.41) is 7.46. The maximum absolute atomic E-state index is 14.2. The smallest absolute Gasteiger partial charge is 0.408 e. The minimum atomic E-state index is -1.34. The SMILES string of the molecule is CCC(C)N(C(=O)C(CC(N)=O)NC(=O)OC(C)(C)C)C(C(=O)Nc1ccc2ccccc2c1)c1ccc(C)cc1. The third-order valence-corrected chi connectivity index (χ3v) is 6.65. The summed E-state index contributed by atoms with van der Waals surface area (Å²) in [4.78, 5) is 54.3. The molecule has 3 rings (SSSR count). The van der Waals surface area contributed by atoms with Crippen molar-refractivity contribution in [1.29, 1.82) is 0 Å². The number of hydrogen-bond acceptors (Lipinski definition) is 5. The number of nitrogens with zero attached hydrogens (tertiary/aromatic N) is 1. The van der Waals surface area contributed by atoms with Crippen LogP contribution in [0.2, 0.25) is 0 Å². The molecular formula is C32H40N4O5. The zero-order valence-electron chi connectivity index (χ0n) is 24.6. The van der Waals surface area contributed by atoms with E-state index >= 15 is 0 Å². The van der Waals surface area contributed by atoms with Gasteiger partial charge in [-0.05, 0) is 69.5 Å². The van der Waals surface area contributed by atoms with E-state index in [2.05, 4.69) is 10.6 Å². The molecule has 9 nitrogen and oxygen atoms in total. The first-order chi connectivity index (χ1) is 19.3. The van der Waals surface area contributed by atoms with E-state index < -0.39 is 54.0 Å². The number of hydrogen-bond donors (Lipinski definition) is 3. The highest BCUT2D eigenvalue weighted by Crippen LogP contribution is 2.29. The molecule has 3 unspecified atom stereocenters. The number of carbonyl (C=O) groups excluding carboxylic acids is 4. The van der Waals surface area contributed by atoms with Gasteiger partial charge in [-0.2, -0.15) is 0 Å². The summed E-state index contributed by atoms with van der Waals surface area (Å²) in [6.45, 7) is 10.7. The third kappa shape index (κ3) is 8.54. The molecular weight excluding hydrogens is 520 g/mol. The fraction of sp³-hybridized carbons (Fsp3) is 0.375. The first-order valence-electron chi connectivity index (χ1n) is 13.7. The van der Waals surface area contributed by atoms with E-state index in [1.807, 2.05) is 75.4 Å². The summed E-state index contributed by atoms with van der Waals surface area (Å²) in [5.74, 6) is -1.84. The van der Waals surface area contributed by atoms with Crippen molar-refractivity contribution in [3.63, 3.8) is 0 Å². The first kappa shape index (κ1) is 31.1. The minimum Gasteiger partial charge on any atom is -0.444 e. The molecule has 218 valence electrons. The lowest BCUT2D eigenvalue weighted by atomic mass is 9.98. The predicted octanol–water partition coefficient (Wildman–Crippen LogP) is 5.22. The molecule has 9 heteroatoms. The lowest BCUT2D eigenvalue weighted by Crippen LogP contribution is -2.55. The quantitative estimate of drug-likeness (QED) is 0.313. The molecule has 0 saturated carbocycles. The molecule has 0 aliphatic rings. The van der Waals surface area contributed by atoms with Gasteiger partial charge in [-0.25, -0.2) is 4.79 Å². The number of nitrogens with two attached hydrogens (primary N) is 1. The molecule has 3 aromatic carbocycles. The fourth-order valence-corrected chi connectivity index (χ4v) is 4.49. The number of ether oxygens (including phenoxy) is 1. The number of anilines is 1. The van der Waals surface area contributed by atoms with Gasteiger partial charge in [0, 0.05) is 11.7 Å². The number of benzene rings is 3. The van der Waals surface area contributed by atoms with Crippen LogP contribution < -0.4 is 16.4 Å². The Hall–Kier alpha value is -4.40. The lowest BCUT2D eigenvalue weighted by Gasteiger charge is -2.38. The highest BCUT2D eigenvalue weighted by Gasteiger charge is 2.39. The molecule has 3 atom stereocenters. The third-order valence-electron chi connectivity index (χ3n) is 6.65. The predicted molar refractivity (Wildman–Crippen MR) is 160 cm³/mol. The van der Waals surface area contributed by atoms with Crippen molar-refractivity contribution >= 4 is 40.3 Å². The number of amides is 4. The van der Waals surface area contributed by atoms with Gasteiger partial charge in [-0.3, -0.25) is 14.4 Å². The number of carbonyl (C=O) groups is 4. The van der Waals surface area contributed by atoms with Gasteiger partial charge in [0.1, 0.15) is 17.7 Å². The Kier molecular flexibility index (Phi) is 10.1. The van der Waals surface area contributed by atoms with E-state index in [-0.39, 0.29) is 0 Å². The first-order valence-corrected chi connectivity index (χ1v) is 13.7. The molecule has 0 spiro atoms. The van der Waals surface area contributed by atoms with Crippen LogP contribution in [0.1, 0.15) is 64.6 Å². The summed E-state index contributed by atoms with van der Waals surface area (Å²) in [6, 6.07) is 17.9. The molecule has 0 aliphatic heterocycles. The second-order valence-corrected chi connectivity index (χ2v) is 11.2. The molecule has 3 aromatic rings. The van der Waals surface area contributed by atoms with Gasteiger partial charge in [0.2, 0.25) is 11.8 Å². The summed E-state index contributed by atoms with van der Waals surface area (Å²) in [5.41, 5.74) is 6.79. The summed E-state index contributed by atoms with van der Waals surface area (Å²) >= 11 is 0. The minimum absolute atomic E-state index is 0.437. The van der Waals surface area contributed by atoms with E-state index in [0.717, 1.165) is 16.3 Å². The van der Waals surface area contributed by atoms with E-state index in [0.29, 0.717) is 17.7 Å². The van der Waals surface area contributed by atoms with Crippen molar-refractivity contribution in [2.24, 2.45) is 5.73 Å². The van der Waals surface area contributed by atoms with Crippen molar-refractivity contribution in [3.05, 3.63) is 77.9 Å². The average Bonchev–Trinajstić information content (AvgIpc) is 2.89. The van der Waals surface area contributed by atoms with Gasteiger partial charge in [-0.15, -0.1) is 0 Å². The Morgan fingerprint density at radius 1 is 0.951 bits per heavy atom. The van der Waals surface area contributed by atoms with Crippen LogP contribution in [-0.4, -0.2) is 46.4 Å². The van der Waals surface area contributed by atoms with Crippen LogP contribution in [0, 0.1) is 6.92 Å². The molecule has 4 amide bonds. The highest BCUT2D eigenvalue weighted by atomic mass is 16.6. The monoisotopic (exact) mass is 560 g/mol. The molecule has 4 N–H and O–H groups in total. The van der Waals surface area contributed by atoms with Gasteiger partial charge in [0.05, 0.1) is 6.42 Å². The summed E-state index contributed by atoms with van der Waals surface area (Å²) < 4.78 is 5.33. The van der Waals surface area contributed by atoms with Crippen LogP contribution in [0.4, 0.5) is 10.5 Å². The van der Waals surface area contributed by atoms with E-state index in [1.54, 1.807) is 32.9 Å². The number of rotatable bonds is 10. The van der Waals surface area contributed by atoms with Crippen molar-refractivity contribution in [1.82, 2.24) is 10.2 Å². The van der Waals surface area contributed by atoms with Gasteiger partial charge in [0.25, 0.3) is 5.91 Å². The van der Waals surface area contributed by atoms with Gasteiger partial charge in [-0.1, -0.05) is 67.1 Å². The van der Waals surface area contributed by atoms with Crippen LogP contribution in [0.15, 0.2) is 66.7 Å². The molecule has 0 aliphatic carbocycles. The highest BCUT2D eigenvalue weighted by molar-refractivity contribution is 6.01. The van der Waals surface area contributed by atoms with Crippen molar-refractivity contribution < 1.29 is 23.9 Å². The molecule has 0 saturated heterocycles. The Morgan fingerprint density at radius 2 is 1.59 bits per heavy atom. The Morgan fingerprint density at radius 3 is 2.17 bits per heavy atom. The summed E-state index contributed by atoms with van der Waals surface area (Å²) in [6.07, 6.45) is -0.820. The number of primary amides is 1. The standard InChI is InChI=1S/C32H40N4O5/c1-7-21(3)36(30(39)26(19-27(33)37)35-31(40)41-32(4,5)6)28(23-14-12-20(2)13-15-23)29(38)34-25-17-16-22-10-8-9-11-24(22)18-25/h8-18,21,26,28H,7,19H2,1-6H3,(H2,33,37)(H,34,38)(H,35,40). The van der Waals surface area contributed by atoms with E-state index in [9.17, 15) is 19.2 Å². The van der Waals surface area contributed by atoms with E-state index in [1.165, 1.54) is 4.90 Å². The Balaban J connectivity index is 2.05. The Labute approximate surface area is 241 Å². The second-order valence-electron chi connectivity index (χ2n) is 11.2. The van der Waals surface area contributed by atoms with Gasteiger partial charge in [0.15, 0.2) is 0 Å². The number of fused-ring (bicyclic) bond motifs is 1. The lowest BCUT2D eigenvalue weighted by molar-refractivity contribution is -0.144. The largest absolute Gasteiger partial charge is 0.444 e. The molecule has 0 radical (unpaired) electrons. The molecule has 0 aromatic heterocycles. The maximum Gasteiger partial charge on any atom is 0.408 e. The second kappa shape index (κ2) is 13.3. The average molecular weight is 561 g/mol. The van der Waals surface area contributed by atoms with Gasteiger partial charge < -0.3 is 26.0 Å².